The van der Waals surface area contributed by atoms with Crippen molar-refractivity contribution in [1.29, 1.82) is 0 Å². The van der Waals surface area contributed by atoms with Crippen LogP contribution < -0.4 is 4.74 Å². The number of hydrogen-bond acceptors (Lipinski definition) is 3. The van der Waals surface area contributed by atoms with Gasteiger partial charge in [-0.05, 0) is 95.8 Å². The number of likely N-dealkylation sites (tertiary alicyclic amines) is 1. The molecule has 1 aliphatic heterocycles. The van der Waals surface area contributed by atoms with E-state index in [1.807, 2.05) is 36.4 Å². The second-order valence-electron chi connectivity index (χ2n) is 9.76. The fourth-order valence-corrected chi connectivity index (χ4v) is 6.01. The average molecular weight is 538 g/mol. The topological polar surface area (TPSA) is 29.5 Å². The molecule has 1 aliphatic carbocycles. The van der Waals surface area contributed by atoms with Gasteiger partial charge in [-0.2, -0.15) is 0 Å². The standard InChI is InChI=1S/C31H30Cl2FNO2/c32-24-8-12-28(30(33)18-24)29-4-1-3-23-17-21(20-36)5-11-27(23)31(29)22-6-9-25(10-7-22)37-26-13-16-35(19-26)15-2-14-34/h5-12,17-18,20,26H,1-4,13-16,19H2. The number of allylic oxidation sites excluding steroid dienone is 1. The van der Waals surface area contributed by atoms with E-state index in [0.29, 0.717) is 22.0 Å². The van der Waals surface area contributed by atoms with E-state index in [9.17, 15) is 9.18 Å². The molecule has 3 aromatic carbocycles. The maximum absolute atomic E-state index is 12.5. The molecule has 1 atom stereocenters. The number of aldehydes is 1. The fourth-order valence-electron chi connectivity index (χ4n) is 5.49. The van der Waals surface area contributed by atoms with Gasteiger partial charge in [0.05, 0.1) is 6.67 Å². The molecule has 3 nitrogen and oxygen atoms in total. The summed E-state index contributed by atoms with van der Waals surface area (Å²) in [5.41, 5.74) is 7.33. The van der Waals surface area contributed by atoms with E-state index in [-0.39, 0.29) is 12.8 Å². The molecule has 0 saturated carbocycles. The van der Waals surface area contributed by atoms with Gasteiger partial charge in [-0.1, -0.05) is 53.5 Å². The Balaban J connectivity index is 1.50. The van der Waals surface area contributed by atoms with Crippen LogP contribution in [0, 0.1) is 0 Å². The number of carbonyl (C=O) groups is 1. The van der Waals surface area contributed by atoms with Gasteiger partial charge in [-0.3, -0.25) is 14.1 Å². The Morgan fingerprint density at radius 2 is 1.81 bits per heavy atom. The first kappa shape index (κ1) is 26.0. The van der Waals surface area contributed by atoms with Crippen molar-refractivity contribution in [2.75, 3.05) is 26.3 Å². The van der Waals surface area contributed by atoms with Crippen LogP contribution in [-0.4, -0.2) is 43.6 Å². The molecule has 37 heavy (non-hydrogen) atoms. The van der Waals surface area contributed by atoms with Crippen LogP contribution in [0.1, 0.15) is 58.3 Å². The van der Waals surface area contributed by atoms with Gasteiger partial charge in [0.15, 0.2) is 0 Å². The fraction of sp³-hybridized carbons (Fsp3) is 0.323. The summed E-state index contributed by atoms with van der Waals surface area (Å²) in [6.07, 6.45) is 5.24. The van der Waals surface area contributed by atoms with Crippen LogP contribution in [0.4, 0.5) is 4.39 Å². The number of ether oxygens (including phenoxy) is 1. The number of rotatable bonds is 8. The largest absolute Gasteiger partial charge is 0.489 e. The van der Waals surface area contributed by atoms with Gasteiger partial charge < -0.3 is 4.74 Å². The van der Waals surface area contributed by atoms with Crippen molar-refractivity contribution in [2.45, 2.75) is 38.2 Å². The summed E-state index contributed by atoms with van der Waals surface area (Å²) in [5.74, 6) is 0.831. The van der Waals surface area contributed by atoms with Gasteiger partial charge >= 0.3 is 0 Å². The van der Waals surface area contributed by atoms with Crippen molar-refractivity contribution in [3.8, 4) is 5.75 Å². The third-order valence-corrected chi connectivity index (χ3v) is 7.80. The summed E-state index contributed by atoms with van der Waals surface area (Å²) in [5, 5.41) is 1.24. The maximum Gasteiger partial charge on any atom is 0.150 e. The minimum absolute atomic E-state index is 0.119. The summed E-state index contributed by atoms with van der Waals surface area (Å²) in [6, 6.07) is 19.9. The SMILES string of the molecule is O=Cc1ccc2c(c1)CCCC(c1ccc(Cl)cc1Cl)=C2c1ccc(OC2CCN(CCCF)C2)cc1. The molecule has 1 saturated heterocycles. The van der Waals surface area contributed by atoms with Gasteiger partial charge in [0.2, 0.25) is 0 Å². The van der Waals surface area contributed by atoms with Gasteiger partial charge in [0.1, 0.15) is 18.1 Å². The lowest BCUT2D eigenvalue weighted by Crippen LogP contribution is -2.26. The highest BCUT2D eigenvalue weighted by atomic mass is 35.5. The first-order valence-corrected chi connectivity index (χ1v) is 13.6. The summed E-state index contributed by atoms with van der Waals surface area (Å²) in [4.78, 5) is 13.7. The molecular weight excluding hydrogens is 508 g/mol. The number of halogens is 3. The Labute approximate surface area is 227 Å². The quantitative estimate of drug-likeness (QED) is 0.273. The van der Waals surface area contributed by atoms with E-state index < -0.39 is 0 Å². The van der Waals surface area contributed by atoms with Crippen LogP contribution in [0.3, 0.4) is 0 Å². The number of benzene rings is 3. The Morgan fingerprint density at radius 3 is 2.57 bits per heavy atom. The Bertz CT molecular complexity index is 1310. The second kappa shape index (κ2) is 11.8. The van der Waals surface area contributed by atoms with Crippen LogP contribution in [0.15, 0.2) is 60.7 Å². The Hall–Kier alpha value is -2.66. The third kappa shape index (κ3) is 5.93. The van der Waals surface area contributed by atoms with Crippen molar-refractivity contribution in [2.24, 2.45) is 0 Å². The zero-order valence-corrected chi connectivity index (χ0v) is 22.2. The zero-order chi connectivity index (χ0) is 25.8. The van der Waals surface area contributed by atoms with Crippen molar-refractivity contribution >= 4 is 40.6 Å². The highest BCUT2D eigenvalue weighted by molar-refractivity contribution is 6.36. The molecule has 1 heterocycles. The average Bonchev–Trinajstić information content (AvgIpc) is 3.26. The summed E-state index contributed by atoms with van der Waals surface area (Å²) in [6.45, 7) is 2.28. The molecule has 0 spiro atoms. The highest BCUT2D eigenvalue weighted by Crippen LogP contribution is 2.42. The Kier molecular flexibility index (Phi) is 8.29. The van der Waals surface area contributed by atoms with Gasteiger partial charge in [0, 0.05) is 35.2 Å². The van der Waals surface area contributed by atoms with Crippen LogP contribution in [-0.2, 0) is 6.42 Å². The van der Waals surface area contributed by atoms with Crippen LogP contribution in [0.2, 0.25) is 10.0 Å². The first-order valence-electron chi connectivity index (χ1n) is 12.9. The molecule has 5 rings (SSSR count). The summed E-state index contributed by atoms with van der Waals surface area (Å²) < 4.78 is 18.8. The van der Waals surface area contributed by atoms with Gasteiger partial charge in [-0.15, -0.1) is 0 Å². The lowest BCUT2D eigenvalue weighted by molar-refractivity contribution is 0.112. The first-order chi connectivity index (χ1) is 18.1. The van der Waals surface area contributed by atoms with Crippen LogP contribution in [0.5, 0.6) is 5.75 Å². The van der Waals surface area contributed by atoms with Crippen molar-refractivity contribution in [3.63, 3.8) is 0 Å². The molecule has 0 bridgehead atoms. The number of hydrogen-bond donors (Lipinski definition) is 0. The lowest BCUT2D eigenvalue weighted by atomic mass is 9.87. The van der Waals surface area contributed by atoms with E-state index in [2.05, 4.69) is 23.1 Å². The minimum atomic E-state index is -0.276. The molecular formula is C31H30Cl2FNO2. The minimum Gasteiger partial charge on any atom is -0.489 e. The van der Waals surface area contributed by atoms with E-state index >= 15 is 0 Å². The van der Waals surface area contributed by atoms with Crippen molar-refractivity contribution in [3.05, 3.63) is 98.5 Å². The monoisotopic (exact) mass is 537 g/mol. The molecule has 2 aliphatic rings. The van der Waals surface area contributed by atoms with Gasteiger partial charge in [-0.25, -0.2) is 0 Å². The second-order valence-corrected chi connectivity index (χ2v) is 10.6. The van der Waals surface area contributed by atoms with E-state index in [4.69, 9.17) is 27.9 Å². The third-order valence-electron chi connectivity index (χ3n) is 7.25. The summed E-state index contributed by atoms with van der Waals surface area (Å²) in [7, 11) is 0. The van der Waals surface area contributed by atoms with Crippen LogP contribution >= 0.6 is 23.2 Å². The molecule has 192 valence electrons. The Morgan fingerprint density at radius 1 is 1.00 bits per heavy atom. The van der Waals surface area contributed by atoms with E-state index in [1.54, 1.807) is 6.07 Å². The number of aryl methyl sites for hydroxylation is 1. The predicted octanol–water partition coefficient (Wildman–Crippen LogP) is 7.91. The molecule has 6 heteroatoms. The normalized spacial score (nSPS) is 18.0. The zero-order valence-electron chi connectivity index (χ0n) is 20.7. The number of fused-ring (bicyclic) bond motifs is 1. The predicted molar refractivity (Wildman–Crippen MR) is 150 cm³/mol. The molecule has 3 aromatic rings. The van der Waals surface area contributed by atoms with Gasteiger partial charge in [0.25, 0.3) is 0 Å². The highest BCUT2D eigenvalue weighted by Gasteiger charge is 2.25. The molecule has 0 radical (unpaired) electrons. The number of carbonyl (C=O) groups excluding carboxylic acids is 1. The molecule has 0 amide bonds. The van der Waals surface area contributed by atoms with Crippen molar-refractivity contribution < 1.29 is 13.9 Å². The molecule has 0 N–H and O–H groups in total. The number of alkyl halides is 1. The summed E-state index contributed by atoms with van der Waals surface area (Å²) >= 11 is 12.9. The maximum atomic E-state index is 12.5. The molecule has 0 aromatic heterocycles. The molecule has 1 unspecified atom stereocenters. The molecule has 1 fully saturated rings. The lowest BCUT2D eigenvalue weighted by Gasteiger charge is -2.19. The van der Waals surface area contributed by atoms with E-state index in [1.165, 1.54) is 11.1 Å². The van der Waals surface area contributed by atoms with Crippen molar-refractivity contribution in [1.82, 2.24) is 4.90 Å². The van der Waals surface area contributed by atoms with Crippen LogP contribution in [0.25, 0.3) is 11.1 Å². The smallest absolute Gasteiger partial charge is 0.150 e. The van der Waals surface area contributed by atoms with E-state index in [0.717, 1.165) is 79.6 Å². The number of nitrogens with zero attached hydrogens (tertiary/aromatic N) is 1.